The highest BCUT2D eigenvalue weighted by atomic mass is 16.5. The quantitative estimate of drug-likeness (QED) is 0.658. The van der Waals surface area contributed by atoms with Crippen LogP contribution in [0.5, 0.6) is 0 Å². The number of carbonyl (C=O) groups excluding carboxylic acids is 1. The van der Waals surface area contributed by atoms with Crippen LogP contribution in [0.3, 0.4) is 0 Å². The van der Waals surface area contributed by atoms with Gasteiger partial charge in [0.25, 0.3) is 0 Å². The van der Waals surface area contributed by atoms with Gasteiger partial charge in [0.05, 0.1) is 13.7 Å². The lowest BCUT2D eigenvalue weighted by Gasteiger charge is -2.23. The Kier molecular flexibility index (Phi) is 5.65. The summed E-state index contributed by atoms with van der Waals surface area (Å²) in [6.07, 6.45) is 3.55. The molecule has 1 atom stereocenters. The number of methoxy groups -OCH3 is 1. The van der Waals surface area contributed by atoms with Crippen molar-refractivity contribution in [2.24, 2.45) is 0 Å². The molecule has 0 aromatic carbocycles. The Hall–Kier alpha value is -0.610. The monoisotopic (exact) mass is 214 g/mol. The summed E-state index contributed by atoms with van der Waals surface area (Å²) in [5.41, 5.74) is 0. The number of hydrogen-bond donors (Lipinski definition) is 1. The lowest BCUT2D eigenvalue weighted by Crippen LogP contribution is -2.40. The zero-order valence-corrected chi connectivity index (χ0v) is 9.79. The van der Waals surface area contributed by atoms with Gasteiger partial charge in [-0.1, -0.05) is 6.92 Å². The molecule has 0 radical (unpaired) electrons. The van der Waals surface area contributed by atoms with Crippen LogP contribution < -0.4 is 5.32 Å². The molecular formula is C11H22N2O2. The van der Waals surface area contributed by atoms with Gasteiger partial charge in [0.2, 0.25) is 0 Å². The van der Waals surface area contributed by atoms with E-state index in [4.69, 9.17) is 4.74 Å². The number of rotatable bonds is 6. The lowest BCUT2D eigenvalue weighted by atomic mass is 10.2. The maximum atomic E-state index is 11.2. The van der Waals surface area contributed by atoms with Crippen LogP contribution in [0, 0.1) is 0 Å². The highest BCUT2D eigenvalue weighted by molar-refractivity contribution is 5.71. The molecule has 1 heterocycles. The number of nitrogens with zero attached hydrogens (tertiary/aromatic N) is 1. The highest BCUT2D eigenvalue weighted by Crippen LogP contribution is 2.07. The highest BCUT2D eigenvalue weighted by Gasteiger charge is 2.19. The van der Waals surface area contributed by atoms with Gasteiger partial charge in [-0.25, -0.2) is 0 Å². The molecule has 0 bridgehead atoms. The molecule has 4 heteroatoms. The molecule has 1 aliphatic rings. The fourth-order valence-electron chi connectivity index (χ4n) is 2.02. The summed E-state index contributed by atoms with van der Waals surface area (Å²) >= 11 is 0. The maximum absolute atomic E-state index is 11.2. The molecule has 1 N–H and O–H groups in total. The van der Waals surface area contributed by atoms with Crippen LogP contribution >= 0.6 is 0 Å². The molecule has 4 nitrogen and oxygen atoms in total. The largest absolute Gasteiger partial charge is 0.468 e. The van der Waals surface area contributed by atoms with E-state index in [0.717, 1.165) is 26.1 Å². The third-order valence-corrected chi connectivity index (χ3v) is 2.76. The average Bonchev–Trinajstić information content (AvgIpc) is 2.70. The standard InChI is InChI=1S/C11H22N2O2/c1-3-7-13(9-11(14)15-2)8-10-5-4-6-12-10/h10,12H,3-9H2,1-2H3. The molecule has 0 amide bonds. The predicted molar refractivity (Wildman–Crippen MR) is 59.8 cm³/mol. The fraction of sp³-hybridized carbons (Fsp3) is 0.909. The zero-order valence-electron chi connectivity index (χ0n) is 9.79. The first-order valence-electron chi connectivity index (χ1n) is 5.78. The van der Waals surface area contributed by atoms with E-state index >= 15 is 0 Å². The number of carbonyl (C=O) groups is 1. The van der Waals surface area contributed by atoms with Gasteiger partial charge in [-0.05, 0) is 32.4 Å². The molecule has 1 rings (SSSR count). The van der Waals surface area contributed by atoms with Crippen LogP contribution in [0.2, 0.25) is 0 Å². The summed E-state index contributed by atoms with van der Waals surface area (Å²) in [6.45, 7) is 5.59. The van der Waals surface area contributed by atoms with Crippen LogP contribution in [0.25, 0.3) is 0 Å². The van der Waals surface area contributed by atoms with Crippen molar-refractivity contribution in [2.45, 2.75) is 32.2 Å². The van der Waals surface area contributed by atoms with Gasteiger partial charge in [-0.2, -0.15) is 0 Å². The van der Waals surface area contributed by atoms with Crippen LogP contribution in [0.4, 0.5) is 0 Å². The first kappa shape index (κ1) is 12.5. The molecule has 0 spiro atoms. The molecule has 1 unspecified atom stereocenters. The van der Waals surface area contributed by atoms with Crippen molar-refractivity contribution in [1.29, 1.82) is 0 Å². The molecule has 0 aliphatic carbocycles. The minimum absolute atomic E-state index is 0.138. The Morgan fingerprint density at radius 1 is 1.60 bits per heavy atom. The van der Waals surface area contributed by atoms with E-state index in [0.29, 0.717) is 12.6 Å². The Morgan fingerprint density at radius 2 is 2.40 bits per heavy atom. The van der Waals surface area contributed by atoms with E-state index < -0.39 is 0 Å². The summed E-state index contributed by atoms with van der Waals surface area (Å²) < 4.78 is 4.69. The number of ether oxygens (including phenoxy) is 1. The number of nitrogens with one attached hydrogen (secondary N) is 1. The second-order valence-electron chi connectivity index (χ2n) is 4.10. The first-order chi connectivity index (χ1) is 7.26. The molecule has 0 aromatic rings. The summed E-state index contributed by atoms with van der Waals surface area (Å²) in [7, 11) is 1.44. The molecule has 15 heavy (non-hydrogen) atoms. The fourth-order valence-corrected chi connectivity index (χ4v) is 2.02. The third kappa shape index (κ3) is 4.62. The lowest BCUT2D eigenvalue weighted by molar-refractivity contribution is -0.142. The van der Waals surface area contributed by atoms with E-state index in [1.54, 1.807) is 0 Å². The Balaban J connectivity index is 2.31. The minimum Gasteiger partial charge on any atom is -0.468 e. The van der Waals surface area contributed by atoms with Crippen LogP contribution in [-0.4, -0.2) is 50.2 Å². The normalized spacial score (nSPS) is 20.9. The minimum atomic E-state index is -0.138. The van der Waals surface area contributed by atoms with Crippen LogP contribution in [-0.2, 0) is 9.53 Å². The van der Waals surface area contributed by atoms with Gasteiger partial charge in [-0.3, -0.25) is 9.69 Å². The van der Waals surface area contributed by atoms with Gasteiger partial charge in [0.1, 0.15) is 0 Å². The SMILES string of the molecule is CCCN(CC(=O)OC)CC1CCCN1. The van der Waals surface area contributed by atoms with Gasteiger partial charge >= 0.3 is 5.97 Å². The van der Waals surface area contributed by atoms with Crippen LogP contribution in [0.15, 0.2) is 0 Å². The van der Waals surface area contributed by atoms with Crippen molar-refractivity contribution in [3.63, 3.8) is 0 Å². The molecule has 88 valence electrons. The molecule has 0 saturated carbocycles. The Bertz CT molecular complexity index is 191. The van der Waals surface area contributed by atoms with Gasteiger partial charge < -0.3 is 10.1 Å². The van der Waals surface area contributed by atoms with Crippen molar-refractivity contribution in [3.05, 3.63) is 0 Å². The number of esters is 1. The molecule has 1 saturated heterocycles. The average molecular weight is 214 g/mol. The molecular weight excluding hydrogens is 192 g/mol. The van der Waals surface area contributed by atoms with Crippen molar-refractivity contribution >= 4 is 5.97 Å². The van der Waals surface area contributed by atoms with E-state index in [-0.39, 0.29) is 5.97 Å². The van der Waals surface area contributed by atoms with Crippen molar-refractivity contribution in [3.8, 4) is 0 Å². The van der Waals surface area contributed by atoms with Crippen molar-refractivity contribution < 1.29 is 9.53 Å². The van der Waals surface area contributed by atoms with E-state index in [2.05, 4.69) is 17.1 Å². The second kappa shape index (κ2) is 6.80. The number of hydrogen-bond acceptors (Lipinski definition) is 4. The molecule has 0 aromatic heterocycles. The van der Waals surface area contributed by atoms with Crippen LogP contribution in [0.1, 0.15) is 26.2 Å². The summed E-state index contributed by atoms with van der Waals surface area (Å²) in [5, 5.41) is 3.44. The maximum Gasteiger partial charge on any atom is 0.319 e. The Morgan fingerprint density at radius 3 is 2.93 bits per heavy atom. The summed E-state index contributed by atoms with van der Waals surface area (Å²) in [4.78, 5) is 13.4. The first-order valence-corrected chi connectivity index (χ1v) is 5.78. The smallest absolute Gasteiger partial charge is 0.319 e. The van der Waals surface area contributed by atoms with E-state index in [9.17, 15) is 4.79 Å². The van der Waals surface area contributed by atoms with Gasteiger partial charge in [0.15, 0.2) is 0 Å². The summed E-state index contributed by atoms with van der Waals surface area (Å²) in [6, 6.07) is 0.557. The zero-order chi connectivity index (χ0) is 11.1. The topological polar surface area (TPSA) is 41.6 Å². The predicted octanol–water partition coefficient (Wildman–Crippen LogP) is 0.623. The molecule has 1 fully saturated rings. The second-order valence-corrected chi connectivity index (χ2v) is 4.10. The summed E-state index contributed by atoms with van der Waals surface area (Å²) in [5.74, 6) is -0.138. The van der Waals surface area contributed by atoms with Gasteiger partial charge in [0, 0.05) is 12.6 Å². The van der Waals surface area contributed by atoms with Crippen molar-refractivity contribution in [2.75, 3.05) is 33.3 Å². The van der Waals surface area contributed by atoms with E-state index in [1.165, 1.54) is 20.0 Å². The molecule has 1 aliphatic heterocycles. The Labute approximate surface area is 92.0 Å². The van der Waals surface area contributed by atoms with Gasteiger partial charge in [-0.15, -0.1) is 0 Å². The van der Waals surface area contributed by atoms with E-state index in [1.807, 2.05) is 0 Å². The third-order valence-electron chi connectivity index (χ3n) is 2.76. The van der Waals surface area contributed by atoms with Crippen molar-refractivity contribution in [1.82, 2.24) is 10.2 Å².